The van der Waals surface area contributed by atoms with E-state index >= 15 is 0 Å². The topological polar surface area (TPSA) is 79.3 Å². The number of benzene rings is 1. The van der Waals surface area contributed by atoms with Crippen LogP contribution in [0.25, 0.3) is 0 Å². The highest BCUT2D eigenvalue weighted by molar-refractivity contribution is 7.09. The molecule has 0 aliphatic carbocycles. The van der Waals surface area contributed by atoms with Gasteiger partial charge in [-0.2, -0.15) is 0 Å². The molecule has 2 rings (SSSR count). The van der Waals surface area contributed by atoms with Crippen LogP contribution in [-0.2, 0) is 22.4 Å². The fourth-order valence-corrected chi connectivity index (χ4v) is 2.56. The van der Waals surface area contributed by atoms with E-state index in [1.165, 1.54) is 11.3 Å². The fraction of sp³-hybridized carbons (Fsp3) is 0.267. The maximum Gasteiger partial charge on any atom is 0.326 e. The second kappa shape index (κ2) is 6.99. The molecular formula is C15H16N2O3S. The van der Waals surface area contributed by atoms with Gasteiger partial charge in [-0.3, -0.25) is 4.79 Å². The van der Waals surface area contributed by atoms with Gasteiger partial charge in [-0.05, 0) is 12.5 Å². The zero-order valence-corrected chi connectivity index (χ0v) is 12.4. The normalized spacial score (nSPS) is 11.9. The lowest BCUT2D eigenvalue weighted by atomic mass is 10.1. The van der Waals surface area contributed by atoms with Gasteiger partial charge >= 0.3 is 5.97 Å². The SMILES string of the molecule is Cc1nc(CC(=O)N[C@@H](Cc2ccccc2)C(=O)O)cs1. The van der Waals surface area contributed by atoms with Gasteiger partial charge in [-0.15, -0.1) is 11.3 Å². The minimum atomic E-state index is -1.04. The molecule has 6 heteroatoms. The molecule has 0 radical (unpaired) electrons. The molecule has 0 saturated carbocycles. The Morgan fingerprint density at radius 1 is 1.33 bits per heavy atom. The first-order valence-corrected chi connectivity index (χ1v) is 7.39. The van der Waals surface area contributed by atoms with Crippen molar-refractivity contribution < 1.29 is 14.7 Å². The Hall–Kier alpha value is -2.21. The van der Waals surface area contributed by atoms with Crippen LogP contribution in [0.2, 0.25) is 0 Å². The van der Waals surface area contributed by atoms with Crippen LogP contribution in [0, 0.1) is 6.92 Å². The average molecular weight is 304 g/mol. The Morgan fingerprint density at radius 3 is 2.62 bits per heavy atom. The molecule has 0 spiro atoms. The van der Waals surface area contributed by atoms with Crippen LogP contribution in [0.15, 0.2) is 35.7 Å². The lowest BCUT2D eigenvalue weighted by Gasteiger charge is -2.14. The van der Waals surface area contributed by atoms with Crippen LogP contribution in [0.5, 0.6) is 0 Å². The Labute approximate surface area is 126 Å². The van der Waals surface area contributed by atoms with Crippen molar-refractivity contribution in [2.45, 2.75) is 25.8 Å². The number of carboxylic acid groups (broad SMARTS) is 1. The molecule has 1 heterocycles. The molecule has 2 aromatic rings. The maximum atomic E-state index is 11.9. The Kier molecular flexibility index (Phi) is 5.05. The first-order chi connectivity index (χ1) is 10.0. The number of hydrogen-bond acceptors (Lipinski definition) is 4. The number of carbonyl (C=O) groups is 2. The molecule has 0 unspecified atom stereocenters. The van der Waals surface area contributed by atoms with Crippen molar-refractivity contribution in [3.05, 3.63) is 52.0 Å². The summed E-state index contributed by atoms with van der Waals surface area (Å²) in [5, 5.41) is 14.5. The van der Waals surface area contributed by atoms with Crippen molar-refractivity contribution in [2.75, 3.05) is 0 Å². The largest absolute Gasteiger partial charge is 0.480 e. The second-order valence-electron chi connectivity index (χ2n) is 4.68. The summed E-state index contributed by atoms with van der Waals surface area (Å²) in [6.45, 7) is 1.86. The Morgan fingerprint density at radius 2 is 2.05 bits per heavy atom. The number of aromatic nitrogens is 1. The first kappa shape index (κ1) is 15.2. The predicted octanol–water partition coefficient (Wildman–Crippen LogP) is 1.81. The third-order valence-electron chi connectivity index (χ3n) is 2.92. The number of thiazole rings is 1. The van der Waals surface area contributed by atoms with E-state index in [-0.39, 0.29) is 18.7 Å². The van der Waals surface area contributed by atoms with Gasteiger partial charge < -0.3 is 10.4 Å². The number of carboxylic acids is 1. The molecule has 5 nitrogen and oxygen atoms in total. The zero-order valence-electron chi connectivity index (χ0n) is 11.6. The van der Waals surface area contributed by atoms with E-state index in [1.807, 2.05) is 42.6 Å². The Balaban J connectivity index is 1.96. The standard InChI is InChI=1S/C15H16N2O3S/c1-10-16-12(9-21-10)8-14(18)17-13(15(19)20)7-11-5-3-2-4-6-11/h2-6,9,13H,7-8H2,1H3,(H,17,18)(H,19,20)/t13-/m0/s1. The second-order valence-corrected chi connectivity index (χ2v) is 5.74. The summed E-state index contributed by atoms with van der Waals surface area (Å²) in [7, 11) is 0. The molecule has 0 saturated heterocycles. The predicted molar refractivity (Wildman–Crippen MR) is 80.3 cm³/mol. The molecular weight excluding hydrogens is 288 g/mol. The molecule has 1 aromatic carbocycles. The highest BCUT2D eigenvalue weighted by Gasteiger charge is 2.20. The van der Waals surface area contributed by atoms with E-state index in [2.05, 4.69) is 10.3 Å². The molecule has 1 atom stereocenters. The van der Waals surface area contributed by atoms with Crippen LogP contribution in [0.1, 0.15) is 16.3 Å². The monoisotopic (exact) mass is 304 g/mol. The Bertz CT molecular complexity index is 625. The summed E-state index contributed by atoms with van der Waals surface area (Å²) in [6, 6.07) is 8.29. The summed E-state index contributed by atoms with van der Waals surface area (Å²) in [4.78, 5) is 27.4. The van der Waals surface area contributed by atoms with E-state index < -0.39 is 12.0 Å². The number of carbonyl (C=O) groups excluding carboxylic acids is 1. The molecule has 1 aromatic heterocycles. The van der Waals surface area contributed by atoms with Crippen molar-refractivity contribution in [2.24, 2.45) is 0 Å². The van der Waals surface area contributed by atoms with Gasteiger partial charge in [0, 0.05) is 11.8 Å². The zero-order chi connectivity index (χ0) is 15.2. The third-order valence-corrected chi connectivity index (χ3v) is 3.75. The third kappa shape index (κ3) is 4.68. The fourth-order valence-electron chi connectivity index (χ4n) is 1.95. The summed E-state index contributed by atoms with van der Waals surface area (Å²) < 4.78 is 0. The number of amides is 1. The molecule has 0 aliphatic heterocycles. The lowest BCUT2D eigenvalue weighted by molar-refractivity contribution is -0.141. The van der Waals surface area contributed by atoms with Crippen molar-refractivity contribution in [3.63, 3.8) is 0 Å². The van der Waals surface area contributed by atoms with Crippen LogP contribution < -0.4 is 5.32 Å². The summed E-state index contributed by atoms with van der Waals surface area (Å²) in [5.41, 5.74) is 1.54. The first-order valence-electron chi connectivity index (χ1n) is 6.51. The molecule has 2 N–H and O–H groups in total. The van der Waals surface area contributed by atoms with Crippen molar-refractivity contribution in [3.8, 4) is 0 Å². The number of aliphatic carboxylic acids is 1. The quantitative estimate of drug-likeness (QED) is 0.853. The van der Waals surface area contributed by atoms with Gasteiger partial charge in [0.15, 0.2) is 0 Å². The van der Waals surface area contributed by atoms with Gasteiger partial charge in [0.1, 0.15) is 6.04 Å². The number of nitrogens with zero attached hydrogens (tertiary/aromatic N) is 1. The molecule has 110 valence electrons. The number of hydrogen-bond donors (Lipinski definition) is 2. The van der Waals surface area contributed by atoms with Crippen LogP contribution >= 0.6 is 11.3 Å². The smallest absolute Gasteiger partial charge is 0.326 e. The highest BCUT2D eigenvalue weighted by atomic mass is 32.1. The van der Waals surface area contributed by atoms with Crippen molar-refractivity contribution in [1.29, 1.82) is 0 Å². The van der Waals surface area contributed by atoms with Crippen molar-refractivity contribution >= 4 is 23.2 Å². The molecule has 0 aliphatic rings. The van der Waals surface area contributed by atoms with Crippen molar-refractivity contribution in [1.82, 2.24) is 10.3 Å². The van der Waals surface area contributed by atoms with E-state index in [1.54, 1.807) is 0 Å². The van der Waals surface area contributed by atoms with E-state index in [0.29, 0.717) is 5.69 Å². The molecule has 21 heavy (non-hydrogen) atoms. The minimum absolute atomic E-state index is 0.100. The van der Waals surface area contributed by atoms with Crippen LogP contribution in [0.4, 0.5) is 0 Å². The van der Waals surface area contributed by atoms with Gasteiger partial charge in [0.25, 0.3) is 0 Å². The van der Waals surface area contributed by atoms with Gasteiger partial charge in [-0.25, -0.2) is 9.78 Å². The average Bonchev–Trinajstić information content (AvgIpc) is 2.84. The molecule has 0 bridgehead atoms. The van der Waals surface area contributed by atoms with E-state index in [0.717, 1.165) is 10.6 Å². The van der Waals surface area contributed by atoms with Gasteiger partial charge in [0.2, 0.25) is 5.91 Å². The van der Waals surface area contributed by atoms with E-state index in [4.69, 9.17) is 0 Å². The minimum Gasteiger partial charge on any atom is -0.480 e. The highest BCUT2D eigenvalue weighted by Crippen LogP contribution is 2.09. The van der Waals surface area contributed by atoms with E-state index in [9.17, 15) is 14.7 Å². The summed E-state index contributed by atoms with van der Waals surface area (Å²) >= 11 is 1.47. The van der Waals surface area contributed by atoms with Gasteiger partial charge in [-0.1, -0.05) is 30.3 Å². The van der Waals surface area contributed by atoms with Crippen LogP contribution in [0.3, 0.4) is 0 Å². The summed E-state index contributed by atoms with van der Waals surface area (Å²) in [6.07, 6.45) is 0.362. The van der Waals surface area contributed by atoms with Gasteiger partial charge in [0.05, 0.1) is 17.1 Å². The maximum absolute atomic E-state index is 11.9. The lowest BCUT2D eigenvalue weighted by Crippen LogP contribution is -2.43. The number of aryl methyl sites for hydroxylation is 1. The number of nitrogens with one attached hydrogen (secondary N) is 1. The molecule has 0 fully saturated rings. The summed E-state index contributed by atoms with van der Waals surface area (Å²) in [5.74, 6) is -1.37. The molecule has 1 amide bonds. The number of rotatable bonds is 6. The van der Waals surface area contributed by atoms with Crippen LogP contribution in [-0.4, -0.2) is 28.0 Å².